The Morgan fingerprint density at radius 2 is 2.00 bits per heavy atom. The van der Waals surface area contributed by atoms with Crippen molar-refractivity contribution >= 4 is 5.91 Å². The number of carbonyl (C=O) groups is 1. The highest BCUT2D eigenvalue weighted by Gasteiger charge is 2.20. The van der Waals surface area contributed by atoms with Gasteiger partial charge in [0, 0.05) is 12.1 Å². The number of rotatable bonds is 3. The number of hydrogen-bond acceptors (Lipinski definition) is 2. The third-order valence-corrected chi connectivity index (χ3v) is 3.50. The molecule has 0 saturated heterocycles. The van der Waals surface area contributed by atoms with Gasteiger partial charge in [-0.1, -0.05) is 27.7 Å². The Labute approximate surface area is 109 Å². The number of aryl methyl sites for hydroxylation is 1. The van der Waals surface area contributed by atoms with Gasteiger partial charge in [0.2, 0.25) is 0 Å². The van der Waals surface area contributed by atoms with Gasteiger partial charge in [0.15, 0.2) is 0 Å². The van der Waals surface area contributed by atoms with Crippen LogP contribution in [0.15, 0.2) is 18.2 Å². The molecule has 1 aromatic carbocycles. The van der Waals surface area contributed by atoms with Gasteiger partial charge < -0.3 is 10.4 Å². The fourth-order valence-electron chi connectivity index (χ4n) is 1.55. The first-order valence-corrected chi connectivity index (χ1v) is 6.29. The highest BCUT2D eigenvalue weighted by Crippen LogP contribution is 2.24. The maximum Gasteiger partial charge on any atom is 0.251 e. The van der Waals surface area contributed by atoms with E-state index in [2.05, 4.69) is 33.0 Å². The third kappa shape index (κ3) is 3.76. The molecule has 1 atom stereocenters. The number of hydrogen-bond donors (Lipinski definition) is 2. The monoisotopic (exact) mass is 249 g/mol. The molecule has 18 heavy (non-hydrogen) atoms. The van der Waals surface area contributed by atoms with E-state index < -0.39 is 0 Å². The van der Waals surface area contributed by atoms with Crippen LogP contribution in [0.2, 0.25) is 0 Å². The highest BCUT2D eigenvalue weighted by atomic mass is 16.3. The molecule has 0 aliphatic carbocycles. The lowest BCUT2D eigenvalue weighted by molar-refractivity contribution is 0.0936. The summed E-state index contributed by atoms with van der Waals surface area (Å²) in [5.74, 6) is 0.509. The first-order chi connectivity index (χ1) is 8.21. The van der Waals surface area contributed by atoms with E-state index in [4.69, 9.17) is 0 Å². The Balaban J connectivity index is 2.66. The summed E-state index contributed by atoms with van der Waals surface area (Å²) in [5.41, 5.74) is 1.59. The van der Waals surface area contributed by atoms with Gasteiger partial charge in [-0.15, -0.1) is 0 Å². The summed E-state index contributed by atoms with van der Waals surface area (Å²) < 4.78 is 0. The summed E-state index contributed by atoms with van der Waals surface area (Å²) in [4.78, 5) is 12.0. The molecule has 3 heteroatoms. The van der Waals surface area contributed by atoms with Gasteiger partial charge in [-0.2, -0.15) is 0 Å². The molecule has 0 aliphatic rings. The van der Waals surface area contributed by atoms with Crippen LogP contribution in [0, 0.1) is 18.3 Å². The first kappa shape index (κ1) is 14.6. The average molecular weight is 249 g/mol. The summed E-state index contributed by atoms with van der Waals surface area (Å²) in [6, 6.07) is 4.79. The second-order valence-corrected chi connectivity index (χ2v) is 5.98. The lowest BCUT2D eigenvalue weighted by Crippen LogP contribution is -2.33. The predicted molar refractivity (Wildman–Crippen MR) is 73.8 cm³/mol. The molecule has 1 unspecified atom stereocenters. The highest BCUT2D eigenvalue weighted by molar-refractivity contribution is 5.95. The van der Waals surface area contributed by atoms with Crippen molar-refractivity contribution in [2.24, 2.45) is 11.3 Å². The minimum atomic E-state index is -0.0800. The van der Waals surface area contributed by atoms with Crippen molar-refractivity contribution in [3.8, 4) is 5.75 Å². The molecule has 0 fully saturated rings. The lowest BCUT2D eigenvalue weighted by Gasteiger charge is -2.27. The summed E-state index contributed by atoms with van der Waals surface area (Å²) in [6.45, 7) is 11.1. The number of nitrogens with one attached hydrogen (secondary N) is 1. The van der Waals surface area contributed by atoms with E-state index in [9.17, 15) is 9.90 Å². The standard InChI is InChI=1S/C15H23NO2/c1-10-8-12(17)6-7-13(10)14(18)16-9-11(2)15(3,4)5/h6-8,11,17H,9H2,1-5H3,(H,16,18). The number of benzene rings is 1. The minimum absolute atomic E-state index is 0.0800. The molecule has 0 saturated carbocycles. The van der Waals surface area contributed by atoms with Crippen molar-refractivity contribution in [1.29, 1.82) is 0 Å². The zero-order valence-electron chi connectivity index (χ0n) is 11.9. The van der Waals surface area contributed by atoms with Crippen LogP contribution in [-0.2, 0) is 0 Å². The average Bonchev–Trinajstić information content (AvgIpc) is 2.24. The predicted octanol–water partition coefficient (Wildman–Crippen LogP) is 3.11. The molecule has 0 aliphatic heterocycles. The maximum absolute atomic E-state index is 12.0. The molecule has 0 spiro atoms. The topological polar surface area (TPSA) is 49.3 Å². The number of phenols is 1. The van der Waals surface area contributed by atoms with E-state index in [1.165, 1.54) is 6.07 Å². The minimum Gasteiger partial charge on any atom is -0.508 e. The Morgan fingerprint density at radius 1 is 1.39 bits per heavy atom. The first-order valence-electron chi connectivity index (χ1n) is 6.29. The Morgan fingerprint density at radius 3 is 2.50 bits per heavy atom. The third-order valence-electron chi connectivity index (χ3n) is 3.50. The van der Waals surface area contributed by atoms with Crippen LogP contribution < -0.4 is 5.32 Å². The molecule has 1 amide bonds. The smallest absolute Gasteiger partial charge is 0.251 e. The molecule has 0 heterocycles. The number of phenolic OH excluding ortho intramolecular Hbond substituents is 1. The molecule has 1 aromatic rings. The van der Waals surface area contributed by atoms with Crippen molar-refractivity contribution < 1.29 is 9.90 Å². The van der Waals surface area contributed by atoms with Crippen molar-refractivity contribution in [1.82, 2.24) is 5.32 Å². The molecular formula is C15H23NO2. The zero-order valence-corrected chi connectivity index (χ0v) is 11.9. The van der Waals surface area contributed by atoms with E-state index in [-0.39, 0.29) is 17.1 Å². The Bertz CT molecular complexity index is 433. The van der Waals surface area contributed by atoms with Crippen molar-refractivity contribution in [3.63, 3.8) is 0 Å². The Kier molecular flexibility index (Phi) is 4.38. The van der Waals surface area contributed by atoms with Gasteiger partial charge >= 0.3 is 0 Å². The zero-order chi connectivity index (χ0) is 13.9. The van der Waals surface area contributed by atoms with Crippen LogP contribution in [-0.4, -0.2) is 17.6 Å². The molecule has 1 rings (SSSR count). The summed E-state index contributed by atoms with van der Waals surface area (Å²) in [7, 11) is 0. The number of amides is 1. The number of carbonyl (C=O) groups excluding carboxylic acids is 1. The Hall–Kier alpha value is -1.51. The van der Waals surface area contributed by atoms with Crippen molar-refractivity contribution in [2.75, 3.05) is 6.54 Å². The van der Waals surface area contributed by atoms with Gasteiger partial charge in [0.25, 0.3) is 5.91 Å². The van der Waals surface area contributed by atoms with Gasteiger partial charge in [-0.25, -0.2) is 0 Å². The van der Waals surface area contributed by atoms with E-state index in [1.807, 2.05) is 6.92 Å². The van der Waals surface area contributed by atoms with Gasteiger partial charge in [-0.05, 0) is 42.0 Å². The van der Waals surface area contributed by atoms with Crippen molar-refractivity contribution in [2.45, 2.75) is 34.6 Å². The summed E-state index contributed by atoms with van der Waals surface area (Å²) in [5, 5.41) is 12.3. The number of aromatic hydroxyl groups is 1. The summed E-state index contributed by atoms with van der Waals surface area (Å²) in [6.07, 6.45) is 0. The van der Waals surface area contributed by atoms with E-state index in [0.717, 1.165) is 5.56 Å². The molecule has 2 N–H and O–H groups in total. The SMILES string of the molecule is Cc1cc(O)ccc1C(=O)NCC(C)C(C)(C)C. The van der Waals surface area contributed by atoms with Crippen LogP contribution in [0.25, 0.3) is 0 Å². The van der Waals surface area contributed by atoms with Crippen LogP contribution in [0.5, 0.6) is 5.75 Å². The molecule has 100 valence electrons. The van der Waals surface area contributed by atoms with Crippen molar-refractivity contribution in [3.05, 3.63) is 29.3 Å². The second-order valence-electron chi connectivity index (χ2n) is 5.98. The fraction of sp³-hybridized carbons (Fsp3) is 0.533. The van der Waals surface area contributed by atoms with Crippen LogP contribution in [0.4, 0.5) is 0 Å². The normalized spacial score (nSPS) is 13.2. The largest absolute Gasteiger partial charge is 0.508 e. The van der Waals surface area contributed by atoms with E-state index in [0.29, 0.717) is 18.0 Å². The van der Waals surface area contributed by atoms with Crippen LogP contribution in [0.1, 0.15) is 43.6 Å². The van der Waals surface area contributed by atoms with Gasteiger partial charge in [-0.3, -0.25) is 4.79 Å². The lowest BCUT2D eigenvalue weighted by atomic mass is 9.82. The molecule has 0 bridgehead atoms. The molecule has 0 radical (unpaired) electrons. The van der Waals surface area contributed by atoms with Crippen LogP contribution >= 0.6 is 0 Å². The second kappa shape index (κ2) is 5.42. The van der Waals surface area contributed by atoms with Gasteiger partial charge in [0.1, 0.15) is 5.75 Å². The van der Waals surface area contributed by atoms with Crippen LogP contribution in [0.3, 0.4) is 0 Å². The summed E-state index contributed by atoms with van der Waals surface area (Å²) >= 11 is 0. The molecular weight excluding hydrogens is 226 g/mol. The quantitative estimate of drug-likeness (QED) is 0.864. The molecule has 3 nitrogen and oxygen atoms in total. The van der Waals surface area contributed by atoms with E-state index >= 15 is 0 Å². The maximum atomic E-state index is 12.0. The molecule has 0 aromatic heterocycles. The van der Waals surface area contributed by atoms with E-state index in [1.54, 1.807) is 12.1 Å². The van der Waals surface area contributed by atoms with Gasteiger partial charge in [0.05, 0.1) is 0 Å². The fourth-order valence-corrected chi connectivity index (χ4v) is 1.55.